The molecule has 0 unspecified atom stereocenters. The van der Waals surface area contributed by atoms with Crippen molar-refractivity contribution in [1.82, 2.24) is 40.0 Å². The first-order chi connectivity index (χ1) is 21.4. The van der Waals surface area contributed by atoms with Gasteiger partial charge in [0, 0.05) is 60.0 Å². The van der Waals surface area contributed by atoms with Gasteiger partial charge in [0.2, 0.25) is 5.91 Å². The molecule has 44 heavy (non-hydrogen) atoms. The number of aromatic nitrogens is 7. The molecule has 0 aliphatic heterocycles. The number of rotatable bonds is 9. The molecule has 11 nitrogen and oxygen atoms in total. The van der Waals surface area contributed by atoms with Gasteiger partial charge in [-0.15, -0.1) is 0 Å². The summed E-state index contributed by atoms with van der Waals surface area (Å²) in [4.78, 5) is 36.2. The van der Waals surface area contributed by atoms with Crippen LogP contribution in [0.25, 0.3) is 56.0 Å². The van der Waals surface area contributed by atoms with Crippen LogP contribution in [0, 0.1) is 11.7 Å². The van der Waals surface area contributed by atoms with Gasteiger partial charge in [-0.2, -0.15) is 5.10 Å². The standard InChI is InChI=1S/C32H31FN10O/c1-43(2)9-8-35-23-11-19(10-22(33)14-23)27-29-26(6-7-36-27)39-31(40-29)28-25-13-21(16-37-30(25)42-41-28)20-12-24(17-34-15-20)38-32(44)18-4-3-5-18/h6-7,10-18,35H,3-5,8-9H2,1-2H3,(H,38,44)(H,39,40)(H,37,41,42). The normalized spacial score (nSPS) is 13.5. The van der Waals surface area contributed by atoms with E-state index in [1.54, 1.807) is 24.8 Å². The molecule has 0 atom stereocenters. The first-order valence-corrected chi connectivity index (χ1v) is 14.6. The Kier molecular flexibility index (Phi) is 7.18. The Morgan fingerprint density at radius 2 is 1.86 bits per heavy atom. The van der Waals surface area contributed by atoms with E-state index in [2.05, 4.69) is 45.7 Å². The molecule has 0 spiro atoms. The number of aromatic amines is 2. The van der Waals surface area contributed by atoms with Crippen LogP contribution in [0.1, 0.15) is 19.3 Å². The van der Waals surface area contributed by atoms with Gasteiger partial charge in [0.05, 0.1) is 28.5 Å². The minimum absolute atomic E-state index is 0.0368. The molecule has 4 N–H and O–H groups in total. The topological polar surface area (TPSA) is 140 Å². The van der Waals surface area contributed by atoms with Gasteiger partial charge in [0.15, 0.2) is 11.5 Å². The van der Waals surface area contributed by atoms with Crippen molar-refractivity contribution in [3.63, 3.8) is 0 Å². The monoisotopic (exact) mass is 590 g/mol. The Morgan fingerprint density at radius 1 is 1.02 bits per heavy atom. The molecule has 12 heteroatoms. The highest BCUT2D eigenvalue weighted by Crippen LogP contribution is 2.33. The SMILES string of the molecule is CN(C)CCNc1cc(F)cc(-c2nccc3[nH]c(-c4[nH]nc5ncc(-c6cncc(NC(=O)C7CCC7)c6)cc45)nc23)c1. The zero-order valence-electron chi connectivity index (χ0n) is 24.4. The second kappa shape index (κ2) is 11.5. The number of benzene rings is 1. The van der Waals surface area contributed by atoms with E-state index in [1.165, 1.54) is 12.1 Å². The Balaban J connectivity index is 1.21. The van der Waals surface area contributed by atoms with Crippen molar-refractivity contribution in [2.75, 3.05) is 37.8 Å². The molecule has 6 aromatic rings. The van der Waals surface area contributed by atoms with Gasteiger partial charge in [-0.25, -0.2) is 14.4 Å². The smallest absolute Gasteiger partial charge is 0.227 e. The Labute approximate surface area is 252 Å². The molecule has 1 aromatic carbocycles. The van der Waals surface area contributed by atoms with E-state index in [9.17, 15) is 9.18 Å². The second-order valence-electron chi connectivity index (χ2n) is 11.4. The molecule has 1 saturated carbocycles. The number of fused-ring (bicyclic) bond motifs is 2. The number of H-pyrrole nitrogens is 2. The number of hydrogen-bond acceptors (Lipinski definition) is 8. The summed E-state index contributed by atoms with van der Waals surface area (Å²) < 4.78 is 14.7. The predicted octanol–water partition coefficient (Wildman–Crippen LogP) is 5.48. The number of carbonyl (C=O) groups is 1. The van der Waals surface area contributed by atoms with Crippen LogP contribution in [0.2, 0.25) is 0 Å². The fraction of sp³-hybridized carbons (Fsp3) is 0.250. The van der Waals surface area contributed by atoms with Crippen LogP contribution in [0.15, 0.2) is 61.2 Å². The molecule has 7 rings (SSSR count). The highest BCUT2D eigenvalue weighted by atomic mass is 19.1. The minimum atomic E-state index is -0.358. The molecule has 1 amide bonds. The molecular formula is C32H31FN10O. The van der Waals surface area contributed by atoms with E-state index in [0.29, 0.717) is 51.9 Å². The number of anilines is 2. The molecular weight excluding hydrogens is 559 g/mol. The fourth-order valence-electron chi connectivity index (χ4n) is 5.34. The van der Waals surface area contributed by atoms with Crippen LogP contribution in [-0.2, 0) is 4.79 Å². The quantitative estimate of drug-likeness (QED) is 0.174. The van der Waals surface area contributed by atoms with Crippen LogP contribution in [0.4, 0.5) is 15.8 Å². The van der Waals surface area contributed by atoms with Crippen molar-refractivity contribution < 1.29 is 9.18 Å². The summed E-state index contributed by atoms with van der Waals surface area (Å²) >= 11 is 0. The highest BCUT2D eigenvalue weighted by Gasteiger charge is 2.25. The van der Waals surface area contributed by atoms with Crippen molar-refractivity contribution in [3.05, 3.63) is 67.0 Å². The number of nitrogens with one attached hydrogen (secondary N) is 4. The Hall–Kier alpha value is -5.23. The van der Waals surface area contributed by atoms with E-state index in [4.69, 9.17) is 4.98 Å². The minimum Gasteiger partial charge on any atom is -0.384 e. The third kappa shape index (κ3) is 5.47. The molecule has 222 valence electrons. The second-order valence-corrected chi connectivity index (χ2v) is 11.4. The van der Waals surface area contributed by atoms with Crippen LogP contribution in [0.3, 0.4) is 0 Å². The molecule has 0 saturated heterocycles. The lowest BCUT2D eigenvalue weighted by atomic mass is 9.85. The summed E-state index contributed by atoms with van der Waals surface area (Å²) in [6, 6.07) is 10.5. The Morgan fingerprint density at radius 3 is 2.68 bits per heavy atom. The molecule has 0 radical (unpaired) electrons. The molecule has 0 bridgehead atoms. The summed E-state index contributed by atoms with van der Waals surface area (Å²) in [6.45, 7) is 1.49. The number of likely N-dealkylation sites (N-methyl/N-ethyl adjacent to an activating group) is 1. The average molecular weight is 591 g/mol. The number of carbonyl (C=O) groups excluding carboxylic acids is 1. The van der Waals surface area contributed by atoms with Gasteiger partial charge in [-0.1, -0.05) is 6.42 Å². The maximum absolute atomic E-state index is 14.7. The van der Waals surface area contributed by atoms with Crippen molar-refractivity contribution >= 4 is 39.3 Å². The lowest BCUT2D eigenvalue weighted by Gasteiger charge is -2.24. The van der Waals surface area contributed by atoms with E-state index in [0.717, 1.165) is 47.8 Å². The number of hydrogen-bond donors (Lipinski definition) is 4. The molecule has 1 aliphatic carbocycles. The van der Waals surface area contributed by atoms with Crippen LogP contribution >= 0.6 is 0 Å². The van der Waals surface area contributed by atoms with Crippen LogP contribution in [-0.4, -0.2) is 73.1 Å². The van der Waals surface area contributed by atoms with Crippen molar-refractivity contribution in [2.45, 2.75) is 19.3 Å². The lowest BCUT2D eigenvalue weighted by Crippen LogP contribution is -2.28. The zero-order valence-corrected chi connectivity index (χ0v) is 24.4. The van der Waals surface area contributed by atoms with Gasteiger partial charge < -0.3 is 20.5 Å². The molecule has 5 heterocycles. The first-order valence-electron chi connectivity index (χ1n) is 14.6. The number of halogens is 1. The predicted molar refractivity (Wildman–Crippen MR) is 168 cm³/mol. The number of pyridine rings is 3. The van der Waals surface area contributed by atoms with Gasteiger partial charge in [0.1, 0.15) is 17.0 Å². The van der Waals surface area contributed by atoms with Gasteiger partial charge in [-0.3, -0.25) is 19.9 Å². The molecule has 1 fully saturated rings. The lowest BCUT2D eigenvalue weighted by molar-refractivity contribution is -0.122. The van der Waals surface area contributed by atoms with Gasteiger partial charge in [-0.05, 0) is 63.3 Å². The highest BCUT2D eigenvalue weighted by molar-refractivity contribution is 5.97. The number of imidazole rings is 1. The number of nitrogens with zero attached hydrogens (tertiary/aromatic N) is 6. The van der Waals surface area contributed by atoms with E-state index in [-0.39, 0.29) is 17.6 Å². The summed E-state index contributed by atoms with van der Waals surface area (Å²) in [5.74, 6) is 0.312. The summed E-state index contributed by atoms with van der Waals surface area (Å²) in [5, 5.41) is 14.5. The Bertz CT molecular complexity index is 1990. The van der Waals surface area contributed by atoms with Crippen molar-refractivity contribution in [3.8, 4) is 33.9 Å². The summed E-state index contributed by atoms with van der Waals surface area (Å²) in [7, 11) is 3.98. The van der Waals surface area contributed by atoms with E-state index < -0.39 is 0 Å². The van der Waals surface area contributed by atoms with Crippen molar-refractivity contribution in [1.29, 1.82) is 0 Å². The third-order valence-corrected chi connectivity index (χ3v) is 7.92. The van der Waals surface area contributed by atoms with Crippen molar-refractivity contribution in [2.24, 2.45) is 5.92 Å². The fourth-order valence-corrected chi connectivity index (χ4v) is 5.34. The first kappa shape index (κ1) is 27.6. The van der Waals surface area contributed by atoms with Crippen LogP contribution in [0.5, 0.6) is 0 Å². The van der Waals surface area contributed by atoms with Gasteiger partial charge in [0.25, 0.3) is 0 Å². The van der Waals surface area contributed by atoms with E-state index >= 15 is 0 Å². The molecule has 5 aromatic heterocycles. The maximum Gasteiger partial charge on any atom is 0.227 e. The summed E-state index contributed by atoms with van der Waals surface area (Å²) in [6.07, 6.45) is 9.76. The number of amides is 1. The maximum atomic E-state index is 14.7. The zero-order chi connectivity index (χ0) is 30.2. The third-order valence-electron chi connectivity index (χ3n) is 7.92. The largest absolute Gasteiger partial charge is 0.384 e. The van der Waals surface area contributed by atoms with Crippen LogP contribution < -0.4 is 10.6 Å². The van der Waals surface area contributed by atoms with E-state index in [1.807, 2.05) is 38.4 Å². The summed E-state index contributed by atoms with van der Waals surface area (Å²) in [5.41, 5.74) is 6.70. The molecule has 1 aliphatic rings. The average Bonchev–Trinajstić information content (AvgIpc) is 3.59. The van der Waals surface area contributed by atoms with Gasteiger partial charge >= 0.3 is 0 Å².